The zero-order chi connectivity index (χ0) is 15.5. The number of amides is 1. The zero-order valence-electron chi connectivity index (χ0n) is 12.1. The molecule has 2 heterocycles. The highest BCUT2D eigenvalue weighted by Gasteiger charge is 2.32. The second-order valence-electron chi connectivity index (χ2n) is 5.30. The number of hydrogen-bond acceptors (Lipinski definition) is 4. The third kappa shape index (κ3) is 3.05. The van der Waals surface area contributed by atoms with Gasteiger partial charge in [-0.15, -0.1) is 0 Å². The van der Waals surface area contributed by atoms with Gasteiger partial charge in [-0.25, -0.2) is 14.4 Å². The van der Waals surface area contributed by atoms with Crippen LogP contribution in [0.15, 0.2) is 36.9 Å². The number of nitrogens with one attached hydrogen (secondary N) is 1. The number of nitrogens with zero attached hydrogens (tertiary/aromatic N) is 2. The monoisotopic (exact) mass is 301 g/mol. The van der Waals surface area contributed by atoms with Gasteiger partial charge < -0.3 is 10.1 Å². The molecular weight excluding hydrogens is 285 g/mol. The maximum Gasteiger partial charge on any atom is 0.220 e. The molecule has 1 amide bonds. The predicted molar refractivity (Wildman–Crippen MR) is 77.7 cm³/mol. The van der Waals surface area contributed by atoms with Crippen molar-refractivity contribution >= 4 is 5.91 Å². The van der Waals surface area contributed by atoms with Crippen LogP contribution < -0.4 is 10.1 Å². The molecule has 2 aromatic rings. The van der Waals surface area contributed by atoms with Crippen molar-refractivity contribution in [2.24, 2.45) is 0 Å². The van der Waals surface area contributed by atoms with E-state index in [0.717, 1.165) is 11.1 Å². The van der Waals surface area contributed by atoms with Gasteiger partial charge in [0.1, 0.15) is 24.0 Å². The number of carbonyl (C=O) groups is 1. The molecule has 0 bridgehead atoms. The lowest BCUT2D eigenvalue weighted by molar-refractivity contribution is -0.122. The Morgan fingerprint density at radius 1 is 1.36 bits per heavy atom. The summed E-state index contributed by atoms with van der Waals surface area (Å²) in [5, 5.41) is 2.95. The van der Waals surface area contributed by atoms with Crippen LogP contribution in [0.2, 0.25) is 0 Å². The second-order valence-corrected chi connectivity index (χ2v) is 5.30. The van der Waals surface area contributed by atoms with E-state index in [4.69, 9.17) is 4.74 Å². The molecule has 1 N–H and O–H groups in total. The summed E-state index contributed by atoms with van der Waals surface area (Å²) in [7, 11) is 0. The number of aryl methyl sites for hydroxylation is 1. The van der Waals surface area contributed by atoms with Crippen LogP contribution in [0.25, 0.3) is 0 Å². The molecule has 0 saturated carbocycles. The first-order valence-electron chi connectivity index (χ1n) is 7.13. The van der Waals surface area contributed by atoms with Gasteiger partial charge >= 0.3 is 0 Å². The topological polar surface area (TPSA) is 64.1 Å². The summed E-state index contributed by atoms with van der Waals surface area (Å²) >= 11 is 0. The van der Waals surface area contributed by atoms with Gasteiger partial charge in [0.15, 0.2) is 0 Å². The van der Waals surface area contributed by atoms with Crippen LogP contribution in [-0.4, -0.2) is 22.0 Å². The number of rotatable bonds is 4. The van der Waals surface area contributed by atoms with Gasteiger partial charge in [0.05, 0.1) is 6.04 Å². The molecule has 1 aromatic heterocycles. The van der Waals surface area contributed by atoms with Crippen molar-refractivity contribution in [1.82, 2.24) is 15.3 Å². The molecule has 114 valence electrons. The minimum absolute atomic E-state index is 0.0820. The molecule has 0 unspecified atom stereocenters. The highest BCUT2D eigenvalue weighted by atomic mass is 19.1. The first kappa shape index (κ1) is 14.4. The summed E-state index contributed by atoms with van der Waals surface area (Å²) in [5.41, 5.74) is 1.72. The summed E-state index contributed by atoms with van der Waals surface area (Å²) in [6.45, 7) is 1.86. The molecular formula is C16H16FN3O2. The van der Waals surface area contributed by atoms with Gasteiger partial charge in [0, 0.05) is 30.4 Å². The Kier molecular flexibility index (Phi) is 4.00. The van der Waals surface area contributed by atoms with E-state index >= 15 is 0 Å². The second kappa shape index (κ2) is 6.09. The number of hydrogen-bond donors (Lipinski definition) is 1. The predicted octanol–water partition coefficient (Wildman–Crippen LogP) is 2.19. The fraction of sp³-hybridized carbons (Fsp3) is 0.312. The molecule has 1 aliphatic rings. The molecule has 6 heteroatoms. The summed E-state index contributed by atoms with van der Waals surface area (Å²) in [5.74, 6) is 0.0674. The summed E-state index contributed by atoms with van der Waals surface area (Å²) < 4.78 is 18.8. The van der Waals surface area contributed by atoms with E-state index in [9.17, 15) is 9.18 Å². The number of fused-ring (bicyclic) bond motifs is 1. The molecule has 3 rings (SSSR count). The van der Waals surface area contributed by atoms with Crippen molar-refractivity contribution in [3.05, 3.63) is 53.9 Å². The Balaban J connectivity index is 1.62. The van der Waals surface area contributed by atoms with Crippen LogP contribution in [0.1, 0.15) is 30.5 Å². The molecule has 0 aliphatic carbocycles. The number of aromatic nitrogens is 2. The quantitative estimate of drug-likeness (QED) is 0.940. The van der Waals surface area contributed by atoms with Crippen molar-refractivity contribution in [3.63, 3.8) is 0 Å². The third-order valence-electron chi connectivity index (χ3n) is 3.66. The molecule has 0 spiro atoms. The minimum atomic E-state index is -0.345. The smallest absolute Gasteiger partial charge is 0.220 e. The van der Waals surface area contributed by atoms with Crippen LogP contribution in [0.3, 0.4) is 0 Å². The highest BCUT2D eigenvalue weighted by molar-refractivity contribution is 5.77. The van der Waals surface area contributed by atoms with Gasteiger partial charge in [0.25, 0.3) is 0 Å². The number of carbonyl (C=O) groups excluding carboxylic acids is 1. The Hall–Kier alpha value is -2.50. The summed E-state index contributed by atoms with van der Waals surface area (Å²) in [6.07, 6.45) is 5.54. The van der Waals surface area contributed by atoms with E-state index in [1.165, 1.54) is 18.5 Å². The number of ether oxygens (including phenoxy) is 1. The van der Waals surface area contributed by atoms with Gasteiger partial charge in [-0.05, 0) is 25.0 Å². The molecule has 1 aliphatic heterocycles. The normalized spacial score (nSPS) is 19.4. The first-order chi connectivity index (χ1) is 10.6. The van der Waals surface area contributed by atoms with Crippen molar-refractivity contribution < 1.29 is 13.9 Å². The maximum atomic E-state index is 13.2. The SMILES string of the molecule is C[C@@H]1Oc2cc(F)ccc2[C@H]1NC(=O)CCc1cncnc1. The van der Waals surface area contributed by atoms with E-state index in [0.29, 0.717) is 18.6 Å². The fourth-order valence-corrected chi connectivity index (χ4v) is 2.55. The van der Waals surface area contributed by atoms with Crippen molar-refractivity contribution in [2.45, 2.75) is 31.9 Å². The van der Waals surface area contributed by atoms with Crippen molar-refractivity contribution in [3.8, 4) is 5.75 Å². The molecule has 0 fully saturated rings. The molecule has 22 heavy (non-hydrogen) atoms. The average Bonchev–Trinajstić information content (AvgIpc) is 2.81. The molecule has 0 saturated heterocycles. The number of halogens is 1. The number of benzene rings is 1. The fourth-order valence-electron chi connectivity index (χ4n) is 2.55. The lowest BCUT2D eigenvalue weighted by Gasteiger charge is -2.16. The average molecular weight is 301 g/mol. The lowest BCUT2D eigenvalue weighted by Crippen LogP contribution is -2.34. The zero-order valence-corrected chi connectivity index (χ0v) is 12.1. The largest absolute Gasteiger partial charge is 0.488 e. The standard InChI is InChI=1S/C16H16FN3O2/c1-10-16(13-4-3-12(17)6-14(13)22-10)20-15(21)5-2-11-7-18-9-19-8-11/h3-4,6-10,16H,2,5H2,1H3,(H,20,21)/t10-,16-/m0/s1. The van der Waals surface area contributed by atoms with E-state index < -0.39 is 0 Å². The van der Waals surface area contributed by atoms with E-state index in [1.54, 1.807) is 18.5 Å². The maximum absolute atomic E-state index is 13.2. The van der Waals surface area contributed by atoms with E-state index in [1.807, 2.05) is 6.92 Å². The first-order valence-corrected chi connectivity index (χ1v) is 7.13. The van der Waals surface area contributed by atoms with Crippen molar-refractivity contribution in [2.75, 3.05) is 0 Å². The van der Waals surface area contributed by atoms with Crippen LogP contribution >= 0.6 is 0 Å². The summed E-state index contributed by atoms with van der Waals surface area (Å²) in [6, 6.07) is 4.12. The van der Waals surface area contributed by atoms with Crippen LogP contribution in [-0.2, 0) is 11.2 Å². The molecule has 0 radical (unpaired) electrons. The Bertz CT molecular complexity index is 678. The van der Waals surface area contributed by atoms with Crippen LogP contribution in [0, 0.1) is 5.82 Å². The molecule has 1 aromatic carbocycles. The van der Waals surface area contributed by atoms with E-state index in [-0.39, 0.29) is 23.9 Å². The lowest BCUT2D eigenvalue weighted by atomic mass is 10.0. The Morgan fingerprint density at radius 2 is 2.14 bits per heavy atom. The third-order valence-corrected chi connectivity index (χ3v) is 3.66. The van der Waals surface area contributed by atoms with Crippen LogP contribution in [0.4, 0.5) is 4.39 Å². The van der Waals surface area contributed by atoms with Gasteiger partial charge in [0.2, 0.25) is 5.91 Å². The molecule has 2 atom stereocenters. The van der Waals surface area contributed by atoms with Crippen molar-refractivity contribution in [1.29, 1.82) is 0 Å². The van der Waals surface area contributed by atoms with Gasteiger partial charge in [-0.3, -0.25) is 4.79 Å². The van der Waals surface area contributed by atoms with Crippen LogP contribution in [0.5, 0.6) is 5.75 Å². The highest BCUT2D eigenvalue weighted by Crippen LogP contribution is 2.36. The van der Waals surface area contributed by atoms with E-state index in [2.05, 4.69) is 15.3 Å². The Labute approximate surface area is 127 Å². The minimum Gasteiger partial charge on any atom is -0.488 e. The summed E-state index contributed by atoms with van der Waals surface area (Å²) in [4.78, 5) is 19.9. The van der Waals surface area contributed by atoms with Gasteiger partial charge in [-0.1, -0.05) is 6.07 Å². The molecule has 5 nitrogen and oxygen atoms in total. The van der Waals surface area contributed by atoms with Gasteiger partial charge in [-0.2, -0.15) is 0 Å². The Morgan fingerprint density at radius 3 is 2.91 bits per heavy atom.